The normalized spacial score (nSPS) is 11.0. The van der Waals surface area contributed by atoms with Gasteiger partial charge in [0, 0.05) is 25.5 Å². The van der Waals surface area contributed by atoms with Crippen molar-refractivity contribution in [2.75, 3.05) is 17.2 Å². The van der Waals surface area contributed by atoms with Gasteiger partial charge in [-0.1, -0.05) is 65.6 Å². The zero-order valence-electron chi connectivity index (χ0n) is 15.5. The van der Waals surface area contributed by atoms with Crippen LogP contribution < -0.4 is 4.90 Å². The molecule has 2 aromatic carbocycles. The molecule has 7 heteroatoms. The molecular formula is C21H20N4OS2. The average molecular weight is 409 g/mol. The molecule has 142 valence electrons. The van der Waals surface area contributed by atoms with Gasteiger partial charge >= 0.3 is 0 Å². The fourth-order valence-corrected chi connectivity index (χ4v) is 4.82. The second-order valence-corrected chi connectivity index (χ2v) is 8.17. The van der Waals surface area contributed by atoms with Crippen molar-refractivity contribution in [1.82, 2.24) is 14.5 Å². The van der Waals surface area contributed by atoms with Gasteiger partial charge in [-0.05, 0) is 24.6 Å². The zero-order valence-corrected chi connectivity index (χ0v) is 17.1. The molecule has 0 aliphatic carbocycles. The van der Waals surface area contributed by atoms with Crippen LogP contribution in [-0.4, -0.2) is 32.7 Å². The summed E-state index contributed by atoms with van der Waals surface area (Å²) in [5, 5.41) is 1.60. The molecule has 28 heavy (non-hydrogen) atoms. The molecule has 2 heterocycles. The van der Waals surface area contributed by atoms with Gasteiger partial charge in [0.15, 0.2) is 10.3 Å². The summed E-state index contributed by atoms with van der Waals surface area (Å²) in [5.74, 6) is 0.371. The molecule has 0 aliphatic heterocycles. The molecule has 0 saturated heterocycles. The van der Waals surface area contributed by atoms with Crippen LogP contribution in [0.3, 0.4) is 0 Å². The summed E-state index contributed by atoms with van der Waals surface area (Å²) < 4.78 is 3.16. The fraction of sp³-hybridized carbons (Fsp3) is 0.190. The smallest absolute Gasteiger partial charge is 0.239 e. The summed E-state index contributed by atoms with van der Waals surface area (Å²) in [5.41, 5.74) is 2.14. The van der Waals surface area contributed by atoms with E-state index in [1.54, 1.807) is 22.4 Å². The van der Waals surface area contributed by atoms with E-state index in [0.29, 0.717) is 12.3 Å². The summed E-state index contributed by atoms with van der Waals surface area (Å²) in [6.45, 7) is 3.31. The van der Waals surface area contributed by atoms with Gasteiger partial charge in [0.2, 0.25) is 5.91 Å². The number of benzene rings is 2. The number of rotatable bonds is 7. The minimum Gasteiger partial charge on any atom is -0.322 e. The third-order valence-electron chi connectivity index (χ3n) is 4.33. The third-order valence-corrected chi connectivity index (χ3v) is 6.38. The summed E-state index contributed by atoms with van der Waals surface area (Å²) in [4.78, 5) is 23.6. The Kier molecular flexibility index (Phi) is 5.73. The SMILES string of the molecule is CCN(C(=O)CSc1nccn1Cc1ccccc1)c1nc2ccccc2s1. The number of thiazole rings is 1. The van der Waals surface area contributed by atoms with E-state index in [-0.39, 0.29) is 5.91 Å². The van der Waals surface area contributed by atoms with E-state index >= 15 is 0 Å². The minimum atomic E-state index is 0.0424. The van der Waals surface area contributed by atoms with E-state index in [2.05, 4.69) is 26.7 Å². The molecule has 0 N–H and O–H groups in total. The molecule has 5 nitrogen and oxygen atoms in total. The number of amides is 1. The second kappa shape index (κ2) is 8.58. The van der Waals surface area contributed by atoms with E-state index in [9.17, 15) is 4.79 Å². The number of fused-ring (bicyclic) bond motifs is 1. The van der Waals surface area contributed by atoms with Crippen LogP contribution in [0.15, 0.2) is 72.1 Å². The van der Waals surface area contributed by atoms with Crippen LogP contribution in [0.4, 0.5) is 5.13 Å². The second-order valence-electron chi connectivity index (χ2n) is 6.21. The lowest BCUT2D eigenvalue weighted by Gasteiger charge is -2.17. The average Bonchev–Trinajstić information content (AvgIpc) is 3.34. The fourth-order valence-electron chi connectivity index (χ4n) is 2.93. The van der Waals surface area contributed by atoms with Crippen molar-refractivity contribution in [1.29, 1.82) is 0 Å². The molecule has 0 spiro atoms. The lowest BCUT2D eigenvalue weighted by molar-refractivity contribution is -0.116. The summed E-state index contributed by atoms with van der Waals surface area (Å²) in [6, 6.07) is 18.2. The van der Waals surface area contributed by atoms with Gasteiger partial charge in [-0.25, -0.2) is 9.97 Å². The van der Waals surface area contributed by atoms with Crippen LogP contribution in [0.5, 0.6) is 0 Å². The van der Waals surface area contributed by atoms with Crippen molar-refractivity contribution < 1.29 is 4.79 Å². The van der Waals surface area contributed by atoms with Gasteiger partial charge in [0.25, 0.3) is 0 Å². The van der Waals surface area contributed by atoms with Crippen LogP contribution in [0.1, 0.15) is 12.5 Å². The van der Waals surface area contributed by atoms with Crippen molar-refractivity contribution in [2.24, 2.45) is 0 Å². The van der Waals surface area contributed by atoms with Crippen molar-refractivity contribution >= 4 is 44.4 Å². The van der Waals surface area contributed by atoms with E-state index < -0.39 is 0 Å². The Labute approximate surface area is 172 Å². The molecule has 4 aromatic rings. The van der Waals surface area contributed by atoms with Gasteiger partial charge in [-0.3, -0.25) is 9.69 Å². The topological polar surface area (TPSA) is 51.0 Å². The van der Waals surface area contributed by atoms with Crippen molar-refractivity contribution in [3.63, 3.8) is 0 Å². The first-order valence-corrected chi connectivity index (χ1v) is 10.9. The highest BCUT2D eigenvalue weighted by Gasteiger charge is 2.19. The van der Waals surface area contributed by atoms with Gasteiger partial charge < -0.3 is 4.57 Å². The Hall–Kier alpha value is -2.64. The Morgan fingerprint density at radius 3 is 2.71 bits per heavy atom. The Balaban J connectivity index is 1.44. The molecule has 0 radical (unpaired) electrons. The first kappa shape index (κ1) is 18.7. The van der Waals surface area contributed by atoms with Gasteiger partial charge in [0.1, 0.15) is 0 Å². The lowest BCUT2D eigenvalue weighted by atomic mass is 10.2. The number of hydrogen-bond acceptors (Lipinski definition) is 5. The monoisotopic (exact) mass is 408 g/mol. The van der Waals surface area contributed by atoms with Crippen LogP contribution in [-0.2, 0) is 11.3 Å². The van der Waals surface area contributed by atoms with Crippen molar-refractivity contribution in [3.8, 4) is 0 Å². The summed E-state index contributed by atoms with van der Waals surface area (Å²) in [7, 11) is 0. The van der Waals surface area contributed by atoms with E-state index in [0.717, 1.165) is 27.0 Å². The predicted octanol–water partition coefficient (Wildman–Crippen LogP) is 4.69. The Morgan fingerprint density at radius 1 is 1.14 bits per heavy atom. The number of nitrogens with zero attached hydrogens (tertiary/aromatic N) is 4. The lowest BCUT2D eigenvalue weighted by Crippen LogP contribution is -2.32. The van der Waals surface area contributed by atoms with E-state index in [1.165, 1.54) is 17.3 Å². The van der Waals surface area contributed by atoms with E-state index in [1.807, 2.05) is 55.6 Å². The summed E-state index contributed by atoms with van der Waals surface area (Å²) in [6.07, 6.45) is 3.73. The highest BCUT2D eigenvalue weighted by molar-refractivity contribution is 7.99. The summed E-state index contributed by atoms with van der Waals surface area (Å²) >= 11 is 3.01. The molecule has 2 aromatic heterocycles. The molecule has 4 rings (SSSR count). The van der Waals surface area contributed by atoms with Gasteiger partial charge in [-0.2, -0.15) is 0 Å². The van der Waals surface area contributed by atoms with Crippen molar-refractivity contribution in [3.05, 3.63) is 72.6 Å². The molecule has 0 unspecified atom stereocenters. The maximum absolute atomic E-state index is 12.9. The number of imidazole rings is 1. The van der Waals surface area contributed by atoms with Gasteiger partial charge in [-0.15, -0.1) is 0 Å². The predicted molar refractivity (Wildman–Crippen MR) is 116 cm³/mol. The number of thioether (sulfide) groups is 1. The van der Waals surface area contributed by atoms with Crippen LogP contribution in [0, 0.1) is 0 Å². The minimum absolute atomic E-state index is 0.0424. The number of carbonyl (C=O) groups excluding carboxylic acids is 1. The Bertz CT molecular complexity index is 1040. The first-order chi connectivity index (χ1) is 13.7. The maximum Gasteiger partial charge on any atom is 0.239 e. The highest BCUT2D eigenvalue weighted by atomic mass is 32.2. The molecular weight excluding hydrogens is 388 g/mol. The van der Waals surface area contributed by atoms with Crippen LogP contribution in [0.2, 0.25) is 0 Å². The molecule has 0 bridgehead atoms. The maximum atomic E-state index is 12.9. The quantitative estimate of drug-likeness (QED) is 0.417. The van der Waals surface area contributed by atoms with Crippen LogP contribution >= 0.6 is 23.1 Å². The molecule has 1 amide bonds. The number of anilines is 1. The zero-order chi connectivity index (χ0) is 19.3. The van der Waals surface area contributed by atoms with Crippen molar-refractivity contribution in [2.45, 2.75) is 18.6 Å². The standard InChI is InChI=1S/C21H20N4OS2/c1-2-25(21-23-17-10-6-7-11-18(17)28-21)19(26)15-27-20-22-12-13-24(20)14-16-8-4-3-5-9-16/h3-13H,2,14-15H2,1H3. The first-order valence-electron chi connectivity index (χ1n) is 9.08. The number of aromatic nitrogens is 3. The molecule has 0 atom stereocenters. The van der Waals surface area contributed by atoms with Crippen LogP contribution in [0.25, 0.3) is 10.2 Å². The van der Waals surface area contributed by atoms with E-state index in [4.69, 9.17) is 0 Å². The Morgan fingerprint density at radius 2 is 1.93 bits per heavy atom. The molecule has 0 aliphatic rings. The number of para-hydroxylation sites is 1. The highest BCUT2D eigenvalue weighted by Crippen LogP contribution is 2.29. The number of carbonyl (C=O) groups is 1. The number of hydrogen-bond donors (Lipinski definition) is 0. The van der Waals surface area contributed by atoms with Gasteiger partial charge in [0.05, 0.1) is 16.0 Å². The third kappa shape index (κ3) is 4.10. The molecule has 0 saturated carbocycles. The molecule has 0 fully saturated rings. The largest absolute Gasteiger partial charge is 0.322 e.